The maximum absolute atomic E-state index is 10.8. The van der Waals surface area contributed by atoms with Crippen LogP contribution in [0.15, 0.2) is 40.9 Å². The van der Waals surface area contributed by atoms with Gasteiger partial charge in [-0.25, -0.2) is 0 Å². The van der Waals surface area contributed by atoms with E-state index in [2.05, 4.69) is 72.9 Å². The van der Waals surface area contributed by atoms with Gasteiger partial charge in [0.1, 0.15) is 0 Å². The highest BCUT2D eigenvalue weighted by Crippen LogP contribution is 2.28. The number of aliphatic hydroxyl groups is 1. The fraction of sp³-hybridized carbons (Fsp3) is 0.556. The van der Waals surface area contributed by atoms with Crippen molar-refractivity contribution in [2.24, 2.45) is 5.92 Å². The second kappa shape index (κ2) is 8.11. The van der Waals surface area contributed by atoms with Crippen LogP contribution in [0.4, 0.5) is 0 Å². The monoisotopic (exact) mass is 353 g/mol. The Morgan fingerprint density at radius 3 is 2.33 bits per heavy atom. The molecule has 2 nitrogen and oxygen atoms in total. The summed E-state index contributed by atoms with van der Waals surface area (Å²) in [5, 5.41) is 14.3. The summed E-state index contributed by atoms with van der Waals surface area (Å²) in [5.41, 5.74) is 1.62. The molecule has 0 aliphatic rings. The fourth-order valence-electron chi connectivity index (χ4n) is 2.48. The summed E-state index contributed by atoms with van der Waals surface area (Å²) in [6.45, 7) is 13.0. The molecule has 1 aromatic rings. The van der Waals surface area contributed by atoms with Crippen LogP contribution in [0, 0.1) is 5.92 Å². The molecular formula is C18H28BrNO. The van der Waals surface area contributed by atoms with Gasteiger partial charge in [-0.2, -0.15) is 0 Å². The number of hydrogen-bond acceptors (Lipinski definition) is 2. The smallest absolute Gasteiger partial charge is 0.0719 e. The fourth-order valence-corrected chi connectivity index (χ4v) is 2.74. The van der Waals surface area contributed by atoms with Crippen molar-refractivity contribution in [1.82, 2.24) is 5.32 Å². The van der Waals surface area contributed by atoms with E-state index in [0.717, 1.165) is 23.0 Å². The van der Waals surface area contributed by atoms with Crippen LogP contribution in [0.5, 0.6) is 0 Å². The first-order chi connectivity index (χ1) is 9.74. The molecule has 1 rings (SSSR count). The number of rotatable bonds is 8. The van der Waals surface area contributed by atoms with Crippen LogP contribution in [0.1, 0.15) is 52.1 Å². The van der Waals surface area contributed by atoms with Crippen LogP contribution < -0.4 is 5.32 Å². The zero-order valence-corrected chi connectivity index (χ0v) is 15.2. The molecular weight excluding hydrogens is 326 g/mol. The summed E-state index contributed by atoms with van der Waals surface area (Å²) in [5.74, 6) is 0.221. The van der Waals surface area contributed by atoms with E-state index < -0.39 is 5.60 Å². The normalized spacial score (nSPS) is 15.8. The summed E-state index contributed by atoms with van der Waals surface area (Å²) < 4.78 is 1.09. The first-order valence-corrected chi connectivity index (χ1v) is 8.39. The van der Waals surface area contributed by atoms with Gasteiger partial charge < -0.3 is 10.4 Å². The molecule has 2 N–H and O–H groups in total. The van der Waals surface area contributed by atoms with Crippen LogP contribution in [0.3, 0.4) is 0 Å². The number of hydrogen-bond donors (Lipinski definition) is 2. The van der Waals surface area contributed by atoms with Gasteiger partial charge in [0, 0.05) is 10.5 Å². The van der Waals surface area contributed by atoms with E-state index in [1.54, 1.807) is 0 Å². The van der Waals surface area contributed by atoms with Crippen LogP contribution >= 0.6 is 15.9 Å². The molecule has 21 heavy (non-hydrogen) atoms. The molecule has 0 aromatic heterocycles. The maximum Gasteiger partial charge on any atom is 0.0719 e. The highest BCUT2D eigenvalue weighted by Gasteiger charge is 2.30. The zero-order valence-electron chi connectivity index (χ0n) is 13.6. The minimum atomic E-state index is -0.668. The third-order valence-electron chi connectivity index (χ3n) is 4.06. The van der Waals surface area contributed by atoms with E-state index in [-0.39, 0.29) is 12.0 Å². The first kappa shape index (κ1) is 18.4. The number of halogens is 1. The predicted molar refractivity (Wildman–Crippen MR) is 94.4 cm³/mol. The molecule has 0 fully saturated rings. The van der Waals surface area contributed by atoms with Gasteiger partial charge in [0.15, 0.2) is 0 Å². The largest absolute Gasteiger partial charge is 0.389 e. The molecule has 1 aromatic carbocycles. The van der Waals surface area contributed by atoms with E-state index >= 15 is 0 Å². The minimum absolute atomic E-state index is 0.221. The molecule has 0 aliphatic heterocycles. The Morgan fingerprint density at radius 2 is 1.86 bits per heavy atom. The van der Waals surface area contributed by atoms with Crippen LogP contribution in [-0.2, 0) is 0 Å². The minimum Gasteiger partial charge on any atom is -0.389 e. The lowest BCUT2D eigenvalue weighted by Gasteiger charge is -2.33. The Kier molecular flexibility index (Phi) is 7.11. The molecule has 0 spiro atoms. The van der Waals surface area contributed by atoms with Gasteiger partial charge in [-0.05, 0) is 56.8 Å². The molecule has 2 unspecified atom stereocenters. The Bertz CT molecular complexity index is 455. The van der Waals surface area contributed by atoms with Crippen molar-refractivity contribution in [2.75, 3.05) is 6.54 Å². The van der Waals surface area contributed by atoms with Crippen molar-refractivity contribution in [1.29, 1.82) is 0 Å². The van der Waals surface area contributed by atoms with E-state index in [1.807, 2.05) is 6.92 Å². The predicted octanol–water partition coefficient (Wildman–Crippen LogP) is 4.84. The van der Waals surface area contributed by atoms with E-state index in [9.17, 15) is 5.11 Å². The van der Waals surface area contributed by atoms with Crippen molar-refractivity contribution >= 4 is 15.9 Å². The summed E-state index contributed by atoms with van der Waals surface area (Å²) in [6.07, 6.45) is 1.40. The molecule has 0 saturated carbocycles. The van der Waals surface area contributed by atoms with Gasteiger partial charge in [-0.3, -0.25) is 0 Å². The van der Waals surface area contributed by atoms with Gasteiger partial charge in [0.05, 0.1) is 5.60 Å². The summed E-state index contributed by atoms with van der Waals surface area (Å²) in [7, 11) is 0. The Labute approximate surface area is 137 Å². The molecule has 3 heteroatoms. The third-order valence-corrected chi connectivity index (χ3v) is 4.59. The van der Waals surface area contributed by atoms with E-state index in [1.165, 1.54) is 5.56 Å². The first-order valence-electron chi connectivity index (χ1n) is 7.60. The van der Waals surface area contributed by atoms with Gasteiger partial charge >= 0.3 is 0 Å². The topological polar surface area (TPSA) is 32.3 Å². The summed E-state index contributed by atoms with van der Waals surface area (Å²) in [6, 6.07) is 8.62. The second-order valence-corrected chi connectivity index (χ2v) is 7.29. The molecule has 118 valence electrons. The number of benzene rings is 1. The Hall–Kier alpha value is -0.640. The lowest BCUT2D eigenvalue weighted by atomic mass is 9.82. The maximum atomic E-state index is 10.8. The molecule has 0 heterocycles. The van der Waals surface area contributed by atoms with Crippen molar-refractivity contribution in [3.8, 4) is 0 Å². The average molecular weight is 354 g/mol. The summed E-state index contributed by atoms with van der Waals surface area (Å²) in [4.78, 5) is 0. The Morgan fingerprint density at radius 1 is 1.29 bits per heavy atom. The Balaban J connectivity index is 2.54. The molecule has 0 saturated heterocycles. The lowest BCUT2D eigenvalue weighted by Crippen LogP contribution is -2.39. The third kappa shape index (κ3) is 5.93. The quantitative estimate of drug-likeness (QED) is 0.655. The second-order valence-electron chi connectivity index (χ2n) is 6.37. The molecule has 0 amide bonds. The van der Waals surface area contributed by atoms with Crippen LogP contribution in [-0.4, -0.2) is 17.3 Å². The standard InChI is InChI=1S/C18H28BrNO/c1-13(2)12-18(21,14(3)4)10-11-20-15(5)16-6-8-17(19)9-7-16/h6-9,14-15,20-21H,1,10-12H2,2-5H3. The van der Waals surface area contributed by atoms with E-state index in [0.29, 0.717) is 6.42 Å². The van der Waals surface area contributed by atoms with Crippen molar-refractivity contribution < 1.29 is 5.11 Å². The van der Waals surface area contributed by atoms with Crippen LogP contribution in [0.2, 0.25) is 0 Å². The zero-order chi connectivity index (χ0) is 16.0. The van der Waals surface area contributed by atoms with Crippen molar-refractivity contribution in [3.05, 3.63) is 46.5 Å². The highest BCUT2D eigenvalue weighted by molar-refractivity contribution is 9.10. The molecule has 2 atom stereocenters. The van der Waals surface area contributed by atoms with Gasteiger partial charge in [0.25, 0.3) is 0 Å². The molecule has 0 radical (unpaired) electrons. The molecule has 0 aliphatic carbocycles. The average Bonchev–Trinajstić information content (AvgIpc) is 2.38. The van der Waals surface area contributed by atoms with Crippen molar-refractivity contribution in [3.63, 3.8) is 0 Å². The van der Waals surface area contributed by atoms with Gasteiger partial charge in [0.2, 0.25) is 0 Å². The van der Waals surface area contributed by atoms with Gasteiger partial charge in [-0.15, -0.1) is 6.58 Å². The number of nitrogens with one attached hydrogen (secondary N) is 1. The van der Waals surface area contributed by atoms with Crippen LogP contribution in [0.25, 0.3) is 0 Å². The SMILES string of the molecule is C=C(C)CC(O)(CCNC(C)c1ccc(Br)cc1)C(C)C. The lowest BCUT2D eigenvalue weighted by molar-refractivity contribution is -0.0124. The highest BCUT2D eigenvalue weighted by atomic mass is 79.9. The molecule has 0 bridgehead atoms. The summed E-state index contributed by atoms with van der Waals surface area (Å²) >= 11 is 3.45. The van der Waals surface area contributed by atoms with E-state index in [4.69, 9.17) is 0 Å². The van der Waals surface area contributed by atoms with Gasteiger partial charge in [-0.1, -0.05) is 47.5 Å². The van der Waals surface area contributed by atoms with Crippen molar-refractivity contribution in [2.45, 2.75) is 52.2 Å².